The zero-order valence-corrected chi connectivity index (χ0v) is 12.8. The highest BCUT2D eigenvalue weighted by molar-refractivity contribution is 5.95. The third kappa shape index (κ3) is 3.33. The van der Waals surface area contributed by atoms with E-state index in [0.29, 0.717) is 30.8 Å². The molecule has 2 aromatic rings. The molecule has 1 heterocycles. The van der Waals surface area contributed by atoms with Crippen LogP contribution in [-0.4, -0.2) is 38.4 Å². The van der Waals surface area contributed by atoms with E-state index in [9.17, 15) is 9.18 Å². The maximum Gasteiger partial charge on any atom is 0.356 e. The highest BCUT2D eigenvalue weighted by Crippen LogP contribution is 2.30. The first-order valence-corrected chi connectivity index (χ1v) is 6.88. The summed E-state index contributed by atoms with van der Waals surface area (Å²) in [6.07, 6.45) is 0.683. The van der Waals surface area contributed by atoms with Crippen molar-refractivity contribution in [1.82, 2.24) is 4.98 Å². The molecule has 0 atom stereocenters. The van der Waals surface area contributed by atoms with Crippen molar-refractivity contribution < 1.29 is 23.4 Å². The molecular formula is C16H18FNO4. The summed E-state index contributed by atoms with van der Waals surface area (Å²) in [5.41, 5.74) is 0.938. The number of nitrogens with zero attached hydrogens (tertiary/aromatic N) is 1. The Morgan fingerprint density at radius 3 is 2.73 bits per heavy atom. The molecule has 5 nitrogen and oxygen atoms in total. The standard InChI is InChI=1S/C16H18FNO4/c1-10-5-6-11(17)15-14(10)13(22-8-4-7-20-2)9-12(18-15)16(19)21-3/h5-6,9H,4,7-8H2,1-3H3. The fraction of sp³-hybridized carbons (Fsp3) is 0.375. The largest absolute Gasteiger partial charge is 0.493 e. The van der Waals surface area contributed by atoms with Gasteiger partial charge in [-0.25, -0.2) is 14.2 Å². The van der Waals surface area contributed by atoms with Crippen LogP contribution in [0.25, 0.3) is 10.9 Å². The van der Waals surface area contributed by atoms with Crippen LogP contribution in [0, 0.1) is 12.7 Å². The lowest BCUT2D eigenvalue weighted by atomic mass is 10.1. The molecule has 0 saturated carbocycles. The number of carbonyl (C=O) groups is 1. The second-order valence-corrected chi connectivity index (χ2v) is 4.78. The normalized spacial score (nSPS) is 10.7. The molecule has 0 unspecified atom stereocenters. The van der Waals surface area contributed by atoms with Gasteiger partial charge in [-0.2, -0.15) is 0 Å². The second-order valence-electron chi connectivity index (χ2n) is 4.78. The Bertz CT molecular complexity index is 687. The van der Waals surface area contributed by atoms with E-state index in [4.69, 9.17) is 9.47 Å². The average molecular weight is 307 g/mol. The van der Waals surface area contributed by atoms with Gasteiger partial charge in [-0.1, -0.05) is 6.07 Å². The van der Waals surface area contributed by atoms with Crippen LogP contribution in [0.4, 0.5) is 4.39 Å². The number of fused-ring (bicyclic) bond motifs is 1. The molecule has 0 fully saturated rings. The Kier molecular flexibility index (Phi) is 5.27. The summed E-state index contributed by atoms with van der Waals surface area (Å²) in [5.74, 6) is -0.726. The topological polar surface area (TPSA) is 57.7 Å². The molecular weight excluding hydrogens is 289 g/mol. The van der Waals surface area contributed by atoms with E-state index >= 15 is 0 Å². The zero-order chi connectivity index (χ0) is 16.1. The minimum Gasteiger partial charge on any atom is -0.493 e. The SMILES string of the molecule is COCCCOc1cc(C(=O)OC)nc2c(F)ccc(C)c12. The van der Waals surface area contributed by atoms with E-state index in [1.54, 1.807) is 13.2 Å². The molecule has 0 radical (unpaired) electrons. The Labute approximate surface area is 128 Å². The zero-order valence-electron chi connectivity index (χ0n) is 12.8. The Morgan fingerprint density at radius 2 is 2.05 bits per heavy atom. The van der Waals surface area contributed by atoms with Gasteiger partial charge in [-0.15, -0.1) is 0 Å². The van der Waals surface area contributed by atoms with E-state index in [1.165, 1.54) is 19.2 Å². The van der Waals surface area contributed by atoms with Crippen LogP contribution in [0.15, 0.2) is 18.2 Å². The van der Waals surface area contributed by atoms with Crippen molar-refractivity contribution >= 4 is 16.9 Å². The first kappa shape index (κ1) is 16.2. The predicted molar refractivity (Wildman–Crippen MR) is 79.8 cm³/mol. The van der Waals surface area contributed by atoms with Crippen LogP contribution in [0.3, 0.4) is 0 Å². The van der Waals surface area contributed by atoms with Gasteiger partial charge in [0.05, 0.1) is 13.7 Å². The second kappa shape index (κ2) is 7.17. The summed E-state index contributed by atoms with van der Waals surface area (Å²) in [6.45, 7) is 2.78. The summed E-state index contributed by atoms with van der Waals surface area (Å²) in [7, 11) is 2.86. The number of aryl methyl sites for hydroxylation is 1. The van der Waals surface area contributed by atoms with E-state index in [0.717, 1.165) is 5.56 Å². The van der Waals surface area contributed by atoms with Gasteiger partial charge in [0.15, 0.2) is 5.69 Å². The van der Waals surface area contributed by atoms with E-state index < -0.39 is 11.8 Å². The van der Waals surface area contributed by atoms with Gasteiger partial charge in [0.1, 0.15) is 17.1 Å². The smallest absolute Gasteiger partial charge is 0.356 e. The molecule has 0 aliphatic carbocycles. The minimum absolute atomic E-state index is 0.0150. The van der Waals surface area contributed by atoms with Crippen LogP contribution in [-0.2, 0) is 9.47 Å². The molecule has 22 heavy (non-hydrogen) atoms. The number of methoxy groups -OCH3 is 2. The van der Waals surface area contributed by atoms with Crippen LogP contribution >= 0.6 is 0 Å². The third-order valence-electron chi connectivity index (χ3n) is 3.23. The third-order valence-corrected chi connectivity index (χ3v) is 3.23. The number of ether oxygens (including phenoxy) is 3. The van der Waals surface area contributed by atoms with Gasteiger partial charge in [0.25, 0.3) is 0 Å². The monoisotopic (exact) mass is 307 g/mol. The fourth-order valence-corrected chi connectivity index (χ4v) is 2.14. The quantitative estimate of drug-likeness (QED) is 0.606. The highest BCUT2D eigenvalue weighted by atomic mass is 19.1. The molecule has 1 aromatic heterocycles. The summed E-state index contributed by atoms with van der Waals surface area (Å²) >= 11 is 0. The molecule has 0 aliphatic heterocycles. The summed E-state index contributed by atoms with van der Waals surface area (Å²) in [6, 6.07) is 4.45. The number of carbonyl (C=O) groups excluding carboxylic acids is 1. The number of aromatic nitrogens is 1. The fourth-order valence-electron chi connectivity index (χ4n) is 2.14. The molecule has 0 bridgehead atoms. The van der Waals surface area contributed by atoms with Crippen LogP contribution in [0.2, 0.25) is 0 Å². The number of hydrogen-bond donors (Lipinski definition) is 0. The molecule has 0 spiro atoms. The lowest BCUT2D eigenvalue weighted by molar-refractivity contribution is 0.0594. The van der Waals surface area contributed by atoms with Gasteiger partial charge in [-0.05, 0) is 18.6 Å². The van der Waals surface area contributed by atoms with Crippen molar-refractivity contribution in [2.24, 2.45) is 0 Å². The number of esters is 1. The predicted octanol–water partition coefficient (Wildman–Crippen LogP) is 2.88. The van der Waals surface area contributed by atoms with Gasteiger partial charge >= 0.3 is 5.97 Å². The lowest BCUT2D eigenvalue weighted by Gasteiger charge is -2.13. The van der Waals surface area contributed by atoms with Crippen molar-refractivity contribution in [3.05, 3.63) is 35.3 Å². The number of halogens is 1. The van der Waals surface area contributed by atoms with E-state index in [-0.39, 0.29) is 11.2 Å². The Balaban J connectivity index is 2.50. The summed E-state index contributed by atoms with van der Waals surface area (Å²) in [5, 5.41) is 0.560. The highest BCUT2D eigenvalue weighted by Gasteiger charge is 2.17. The Morgan fingerprint density at radius 1 is 1.27 bits per heavy atom. The van der Waals surface area contributed by atoms with E-state index in [1.807, 2.05) is 6.92 Å². The van der Waals surface area contributed by atoms with Gasteiger partial charge in [0.2, 0.25) is 0 Å². The van der Waals surface area contributed by atoms with Crippen molar-refractivity contribution in [1.29, 1.82) is 0 Å². The molecule has 2 rings (SSSR count). The average Bonchev–Trinajstić information content (AvgIpc) is 2.53. The lowest BCUT2D eigenvalue weighted by Crippen LogP contribution is -2.08. The van der Waals surface area contributed by atoms with Gasteiger partial charge in [0, 0.05) is 31.6 Å². The molecule has 118 valence electrons. The summed E-state index contributed by atoms with van der Waals surface area (Å²) in [4.78, 5) is 15.8. The van der Waals surface area contributed by atoms with Gasteiger partial charge < -0.3 is 14.2 Å². The maximum absolute atomic E-state index is 14.0. The van der Waals surface area contributed by atoms with Crippen molar-refractivity contribution in [2.75, 3.05) is 27.4 Å². The van der Waals surface area contributed by atoms with Gasteiger partial charge in [-0.3, -0.25) is 0 Å². The number of rotatable bonds is 6. The molecule has 0 saturated heterocycles. The first-order chi connectivity index (χ1) is 10.6. The van der Waals surface area contributed by atoms with Crippen LogP contribution in [0.1, 0.15) is 22.5 Å². The Hall–Kier alpha value is -2.21. The minimum atomic E-state index is -0.635. The number of hydrogen-bond acceptors (Lipinski definition) is 5. The number of pyridine rings is 1. The number of benzene rings is 1. The molecule has 0 N–H and O–H groups in total. The van der Waals surface area contributed by atoms with Crippen molar-refractivity contribution in [2.45, 2.75) is 13.3 Å². The first-order valence-electron chi connectivity index (χ1n) is 6.88. The van der Waals surface area contributed by atoms with Crippen molar-refractivity contribution in [3.63, 3.8) is 0 Å². The van der Waals surface area contributed by atoms with E-state index in [2.05, 4.69) is 9.72 Å². The van der Waals surface area contributed by atoms with Crippen molar-refractivity contribution in [3.8, 4) is 5.75 Å². The maximum atomic E-state index is 14.0. The van der Waals surface area contributed by atoms with Crippen LogP contribution < -0.4 is 4.74 Å². The molecule has 6 heteroatoms. The molecule has 1 aromatic carbocycles. The molecule has 0 aliphatic rings. The summed E-state index contributed by atoms with van der Waals surface area (Å²) < 4.78 is 29.4. The van der Waals surface area contributed by atoms with Crippen LogP contribution in [0.5, 0.6) is 5.75 Å². The molecule has 0 amide bonds.